The molecule has 2 saturated heterocycles. The summed E-state index contributed by atoms with van der Waals surface area (Å²) in [5.41, 5.74) is 0. The molecule has 1 unspecified atom stereocenters. The summed E-state index contributed by atoms with van der Waals surface area (Å²) in [5.74, 6) is -0.592. The average molecular weight is 254 g/mol. The highest BCUT2D eigenvalue weighted by molar-refractivity contribution is 5.97. The minimum atomic E-state index is -0.220. The van der Waals surface area contributed by atoms with Gasteiger partial charge in [0.1, 0.15) is 0 Å². The largest absolute Gasteiger partial charge is 0.469 e. The minimum Gasteiger partial charge on any atom is -0.469 e. The fourth-order valence-electron chi connectivity index (χ4n) is 2.52. The standard InChI is InChI=1S/C12H18N2O4/c1-18-12(17)9-4-6-13(7-9)8-11(16)14-5-2-3-10(14)15/h9H,2-8H2,1H3. The van der Waals surface area contributed by atoms with E-state index >= 15 is 0 Å². The Bertz CT molecular complexity index is 369. The Kier molecular flexibility index (Phi) is 3.96. The molecule has 2 aliphatic heterocycles. The number of hydrogen-bond donors (Lipinski definition) is 0. The van der Waals surface area contributed by atoms with Crippen molar-refractivity contribution in [3.8, 4) is 0 Å². The third kappa shape index (κ3) is 2.69. The number of methoxy groups -OCH3 is 1. The van der Waals surface area contributed by atoms with Crippen molar-refractivity contribution in [3.05, 3.63) is 0 Å². The lowest BCUT2D eigenvalue weighted by Crippen LogP contribution is -2.40. The third-order valence-electron chi connectivity index (χ3n) is 3.54. The first-order valence-corrected chi connectivity index (χ1v) is 6.25. The van der Waals surface area contributed by atoms with E-state index < -0.39 is 0 Å². The van der Waals surface area contributed by atoms with Crippen molar-refractivity contribution >= 4 is 17.8 Å². The molecule has 0 spiro atoms. The molecule has 0 N–H and O–H groups in total. The van der Waals surface area contributed by atoms with E-state index in [0.29, 0.717) is 32.5 Å². The van der Waals surface area contributed by atoms with E-state index in [1.54, 1.807) is 0 Å². The molecule has 6 nitrogen and oxygen atoms in total. The minimum absolute atomic E-state index is 0.0799. The number of amides is 2. The van der Waals surface area contributed by atoms with Crippen molar-refractivity contribution in [2.45, 2.75) is 19.3 Å². The van der Waals surface area contributed by atoms with Gasteiger partial charge in [-0.15, -0.1) is 0 Å². The molecular weight excluding hydrogens is 236 g/mol. The Balaban J connectivity index is 1.82. The molecule has 6 heteroatoms. The summed E-state index contributed by atoms with van der Waals surface area (Å²) in [5, 5.41) is 0. The van der Waals surface area contributed by atoms with Crippen molar-refractivity contribution in [2.24, 2.45) is 5.92 Å². The predicted molar refractivity (Wildman–Crippen MR) is 62.5 cm³/mol. The first-order chi connectivity index (χ1) is 8.61. The third-order valence-corrected chi connectivity index (χ3v) is 3.54. The quantitative estimate of drug-likeness (QED) is 0.643. The van der Waals surface area contributed by atoms with Crippen LogP contribution < -0.4 is 0 Å². The van der Waals surface area contributed by atoms with Gasteiger partial charge in [-0.05, 0) is 19.4 Å². The van der Waals surface area contributed by atoms with Crippen molar-refractivity contribution < 1.29 is 19.1 Å². The van der Waals surface area contributed by atoms with Crippen LogP contribution >= 0.6 is 0 Å². The van der Waals surface area contributed by atoms with Crippen LogP contribution in [0.2, 0.25) is 0 Å². The topological polar surface area (TPSA) is 66.9 Å². The van der Waals surface area contributed by atoms with Crippen LogP contribution in [0, 0.1) is 5.92 Å². The number of esters is 1. The van der Waals surface area contributed by atoms with E-state index in [-0.39, 0.29) is 30.2 Å². The van der Waals surface area contributed by atoms with Gasteiger partial charge in [-0.3, -0.25) is 24.2 Å². The van der Waals surface area contributed by atoms with Gasteiger partial charge in [0.25, 0.3) is 0 Å². The van der Waals surface area contributed by atoms with Crippen molar-refractivity contribution in [3.63, 3.8) is 0 Å². The highest BCUT2D eigenvalue weighted by Crippen LogP contribution is 2.18. The summed E-state index contributed by atoms with van der Waals surface area (Å²) < 4.78 is 4.69. The van der Waals surface area contributed by atoms with Crippen LogP contribution in [0.15, 0.2) is 0 Å². The Morgan fingerprint density at radius 1 is 1.39 bits per heavy atom. The van der Waals surface area contributed by atoms with Crippen LogP contribution in [0.5, 0.6) is 0 Å². The fourth-order valence-corrected chi connectivity index (χ4v) is 2.52. The summed E-state index contributed by atoms with van der Waals surface area (Å²) in [6.07, 6.45) is 1.94. The van der Waals surface area contributed by atoms with Gasteiger partial charge in [0.2, 0.25) is 11.8 Å². The Morgan fingerprint density at radius 3 is 2.78 bits per heavy atom. The molecule has 100 valence electrons. The number of rotatable bonds is 3. The van der Waals surface area contributed by atoms with Crippen LogP contribution in [-0.2, 0) is 19.1 Å². The van der Waals surface area contributed by atoms with Crippen LogP contribution in [0.4, 0.5) is 0 Å². The second-order valence-electron chi connectivity index (χ2n) is 4.79. The Labute approximate surface area is 106 Å². The number of imide groups is 1. The molecule has 2 rings (SSSR count). The molecule has 0 radical (unpaired) electrons. The van der Waals surface area contributed by atoms with E-state index in [1.165, 1.54) is 12.0 Å². The lowest BCUT2D eigenvalue weighted by atomic mass is 10.1. The van der Waals surface area contributed by atoms with Crippen molar-refractivity contribution in [1.82, 2.24) is 9.80 Å². The molecule has 2 heterocycles. The second-order valence-corrected chi connectivity index (χ2v) is 4.79. The maximum atomic E-state index is 11.9. The summed E-state index contributed by atoms with van der Waals surface area (Å²) >= 11 is 0. The Morgan fingerprint density at radius 2 is 2.17 bits per heavy atom. The molecule has 2 amide bonds. The summed E-state index contributed by atoms with van der Waals surface area (Å²) in [7, 11) is 1.37. The lowest BCUT2D eigenvalue weighted by Gasteiger charge is -2.19. The Hall–Kier alpha value is -1.43. The number of ether oxygens (including phenoxy) is 1. The highest BCUT2D eigenvalue weighted by Gasteiger charge is 2.32. The molecule has 2 aliphatic rings. The number of hydrogen-bond acceptors (Lipinski definition) is 5. The maximum Gasteiger partial charge on any atom is 0.310 e. The number of nitrogens with zero attached hydrogens (tertiary/aromatic N) is 2. The van der Waals surface area contributed by atoms with E-state index in [1.807, 2.05) is 4.90 Å². The summed E-state index contributed by atoms with van der Waals surface area (Å²) in [6.45, 7) is 2.00. The maximum absolute atomic E-state index is 11.9. The zero-order chi connectivity index (χ0) is 13.1. The van der Waals surface area contributed by atoms with Gasteiger partial charge in [-0.2, -0.15) is 0 Å². The zero-order valence-corrected chi connectivity index (χ0v) is 10.6. The van der Waals surface area contributed by atoms with Crippen LogP contribution in [0.1, 0.15) is 19.3 Å². The normalized spacial score (nSPS) is 24.6. The van der Waals surface area contributed by atoms with E-state index in [0.717, 1.165) is 6.42 Å². The average Bonchev–Trinajstić information content (AvgIpc) is 2.97. The molecular formula is C12H18N2O4. The molecule has 0 aromatic rings. The zero-order valence-electron chi connectivity index (χ0n) is 10.6. The van der Waals surface area contributed by atoms with Gasteiger partial charge < -0.3 is 4.74 Å². The smallest absolute Gasteiger partial charge is 0.310 e. The molecule has 2 fully saturated rings. The van der Waals surface area contributed by atoms with Crippen molar-refractivity contribution in [1.29, 1.82) is 0 Å². The number of carbonyl (C=O) groups is 3. The number of carbonyl (C=O) groups excluding carboxylic acids is 3. The first-order valence-electron chi connectivity index (χ1n) is 6.25. The predicted octanol–water partition coefficient (Wildman–Crippen LogP) is -0.370. The van der Waals surface area contributed by atoms with Gasteiger partial charge in [0.05, 0.1) is 19.6 Å². The first kappa shape index (κ1) is 13.0. The molecule has 1 atom stereocenters. The van der Waals surface area contributed by atoms with Gasteiger partial charge in [-0.25, -0.2) is 0 Å². The molecule has 0 aliphatic carbocycles. The SMILES string of the molecule is COC(=O)C1CCN(CC(=O)N2CCCC2=O)C1. The van der Waals surface area contributed by atoms with Gasteiger partial charge >= 0.3 is 5.97 Å². The van der Waals surface area contributed by atoms with Crippen molar-refractivity contribution in [2.75, 3.05) is 33.3 Å². The molecule has 0 aromatic carbocycles. The van der Waals surface area contributed by atoms with E-state index in [4.69, 9.17) is 0 Å². The van der Waals surface area contributed by atoms with E-state index in [2.05, 4.69) is 4.74 Å². The molecule has 0 bridgehead atoms. The molecule has 18 heavy (non-hydrogen) atoms. The number of likely N-dealkylation sites (tertiary alicyclic amines) is 2. The summed E-state index contributed by atoms with van der Waals surface area (Å²) in [6, 6.07) is 0. The lowest BCUT2D eigenvalue weighted by molar-refractivity contribution is -0.146. The van der Waals surface area contributed by atoms with Gasteiger partial charge in [0.15, 0.2) is 0 Å². The molecule has 0 aromatic heterocycles. The second kappa shape index (κ2) is 5.48. The van der Waals surface area contributed by atoms with Gasteiger partial charge in [0, 0.05) is 19.5 Å². The summed E-state index contributed by atoms with van der Waals surface area (Å²) in [4.78, 5) is 37.9. The van der Waals surface area contributed by atoms with E-state index in [9.17, 15) is 14.4 Å². The van der Waals surface area contributed by atoms with Gasteiger partial charge in [-0.1, -0.05) is 0 Å². The monoisotopic (exact) mass is 254 g/mol. The highest BCUT2D eigenvalue weighted by atomic mass is 16.5. The molecule has 0 saturated carbocycles. The van der Waals surface area contributed by atoms with Crippen LogP contribution in [0.25, 0.3) is 0 Å². The van der Waals surface area contributed by atoms with Crippen LogP contribution in [0.3, 0.4) is 0 Å². The fraction of sp³-hybridized carbons (Fsp3) is 0.750. The van der Waals surface area contributed by atoms with Crippen LogP contribution in [-0.4, -0.2) is 60.9 Å².